The fourth-order valence-electron chi connectivity index (χ4n) is 3.66. The van der Waals surface area contributed by atoms with E-state index in [4.69, 9.17) is 9.97 Å². The summed E-state index contributed by atoms with van der Waals surface area (Å²) >= 11 is 0. The van der Waals surface area contributed by atoms with E-state index in [2.05, 4.69) is 16.9 Å². The summed E-state index contributed by atoms with van der Waals surface area (Å²) in [6.07, 6.45) is 4.24. The molecule has 0 unspecified atom stereocenters. The molecule has 1 aliphatic heterocycles. The number of benzene rings is 1. The number of piperazine rings is 1. The Morgan fingerprint density at radius 1 is 1.04 bits per heavy atom. The number of aryl methyl sites for hydroxylation is 1. The van der Waals surface area contributed by atoms with E-state index < -0.39 is 0 Å². The lowest BCUT2D eigenvalue weighted by atomic mass is 10.2. The predicted molar refractivity (Wildman–Crippen MR) is 110 cm³/mol. The van der Waals surface area contributed by atoms with Crippen LogP contribution in [-0.2, 0) is 11.2 Å². The van der Waals surface area contributed by atoms with Gasteiger partial charge in [-0.25, -0.2) is 14.6 Å². The molecule has 3 heterocycles. The highest BCUT2D eigenvalue weighted by atomic mass is 16.2. The van der Waals surface area contributed by atoms with Crippen molar-refractivity contribution < 1.29 is 4.79 Å². The first-order valence-electron chi connectivity index (χ1n) is 10.0. The van der Waals surface area contributed by atoms with Crippen molar-refractivity contribution in [3.05, 3.63) is 42.4 Å². The normalized spacial score (nSPS) is 14.6. The molecule has 0 N–H and O–H groups in total. The molecule has 1 amide bonds. The van der Waals surface area contributed by atoms with Crippen molar-refractivity contribution in [3.63, 3.8) is 0 Å². The molecule has 28 heavy (non-hydrogen) atoms. The van der Waals surface area contributed by atoms with Crippen LogP contribution in [0.5, 0.6) is 0 Å². The zero-order chi connectivity index (χ0) is 19.5. The maximum Gasteiger partial charge on any atom is 0.222 e. The van der Waals surface area contributed by atoms with Gasteiger partial charge in [-0.1, -0.05) is 32.0 Å². The second-order valence-electron chi connectivity index (χ2n) is 7.06. The number of carbonyl (C=O) groups is 1. The van der Waals surface area contributed by atoms with Crippen molar-refractivity contribution >= 4 is 22.8 Å². The van der Waals surface area contributed by atoms with Crippen molar-refractivity contribution in [1.29, 1.82) is 0 Å². The number of rotatable bonds is 5. The summed E-state index contributed by atoms with van der Waals surface area (Å²) in [5, 5.41) is 5.56. The average Bonchev–Trinajstić information content (AvgIpc) is 3.17. The minimum Gasteiger partial charge on any atom is -0.352 e. The third-order valence-electron chi connectivity index (χ3n) is 5.16. The van der Waals surface area contributed by atoms with Crippen LogP contribution in [0.2, 0.25) is 0 Å². The van der Waals surface area contributed by atoms with Gasteiger partial charge in [-0.3, -0.25) is 4.79 Å². The lowest BCUT2D eigenvalue weighted by Crippen LogP contribution is -2.49. The van der Waals surface area contributed by atoms with Crippen LogP contribution in [-0.4, -0.2) is 56.7 Å². The molecule has 1 aliphatic rings. The third kappa shape index (κ3) is 3.44. The highest BCUT2D eigenvalue weighted by Gasteiger charge is 2.24. The summed E-state index contributed by atoms with van der Waals surface area (Å²) in [5.41, 5.74) is 1.83. The summed E-state index contributed by atoms with van der Waals surface area (Å²) < 4.78 is 1.89. The topological polar surface area (TPSA) is 67.2 Å². The lowest BCUT2D eigenvalue weighted by Gasteiger charge is -2.35. The number of carbonyl (C=O) groups excluding carboxylic acids is 1. The van der Waals surface area contributed by atoms with Crippen LogP contribution >= 0.6 is 0 Å². The fourth-order valence-corrected chi connectivity index (χ4v) is 3.66. The molecule has 0 saturated carbocycles. The Bertz CT molecular complexity index is 960. The van der Waals surface area contributed by atoms with Crippen molar-refractivity contribution in [3.8, 4) is 5.69 Å². The first kappa shape index (κ1) is 18.4. The van der Waals surface area contributed by atoms with Crippen molar-refractivity contribution in [1.82, 2.24) is 24.6 Å². The molecule has 0 radical (unpaired) electrons. The SMILES string of the molecule is CCCc1nc(N2CCN(C(=O)CC)CC2)c2cnn(-c3ccccc3)c2n1. The van der Waals surface area contributed by atoms with E-state index >= 15 is 0 Å². The molecule has 146 valence electrons. The number of hydrogen-bond donors (Lipinski definition) is 0. The maximum atomic E-state index is 12.0. The molecule has 1 aromatic carbocycles. The van der Waals surface area contributed by atoms with E-state index in [-0.39, 0.29) is 5.91 Å². The van der Waals surface area contributed by atoms with Gasteiger partial charge in [0, 0.05) is 39.0 Å². The molecule has 4 rings (SSSR count). The number of para-hydroxylation sites is 1. The summed E-state index contributed by atoms with van der Waals surface area (Å²) in [6, 6.07) is 10.1. The Kier molecular flexibility index (Phi) is 5.23. The third-order valence-corrected chi connectivity index (χ3v) is 5.16. The summed E-state index contributed by atoms with van der Waals surface area (Å²) in [5.74, 6) is 1.99. The molecular weight excluding hydrogens is 352 g/mol. The van der Waals surface area contributed by atoms with E-state index in [1.807, 2.05) is 53.0 Å². The Morgan fingerprint density at radius 3 is 2.46 bits per heavy atom. The molecule has 1 saturated heterocycles. The van der Waals surface area contributed by atoms with Crippen molar-refractivity contribution in [2.45, 2.75) is 33.1 Å². The predicted octanol–water partition coefficient (Wildman–Crippen LogP) is 2.83. The highest BCUT2D eigenvalue weighted by molar-refractivity contribution is 5.88. The number of fused-ring (bicyclic) bond motifs is 1. The first-order chi connectivity index (χ1) is 13.7. The van der Waals surface area contributed by atoms with Gasteiger partial charge >= 0.3 is 0 Å². The van der Waals surface area contributed by atoms with Gasteiger partial charge in [0.15, 0.2) is 5.65 Å². The standard InChI is InChI=1S/C21H26N6O/c1-3-8-18-23-20(26-13-11-25(12-14-26)19(28)4-2)17-15-22-27(21(17)24-18)16-9-6-5-7-10-16/h5-7,9-10,15H,3-4,8,11-14H2,1-2H3. The summed E-state index contributed by atoms with van der Waals surface area (Å²) in [4.78, 5) is 25.9. The maximum absolute atomic E-state index is 12.0. The molecular formula is C21H26N6O. The molecule has 0 aliphatic carbocycles. The molecule has 2 aromatic heterocycles. The van der Waals surface area contributed by atoms with Gasteiger partial charge in [0.2, 0.25) is 5.91 Å². The van der Waals surface area contributed by atoms with Crippen molar-refractivity contribution in [2.24, 2.45) is 0 Å². The first-order valence-corrected chi connectivity index (χ1v) is 10.0. The highest BCUT2D eigenvalue weighted by Crippen LogP contribution is 2.27. The molecule has 0 bridgehead atoms. The fraction of sp³-hybridized carbons (Fsp3) is 0.429. The van der Waals surface area contributed by atoms with Gasteiger partial charge < -0.3 is 9.80 Å². The molecule has 0 atom stereocenters. The monoisotopic (exact) mass is 378 g/mol. The van der Waals surface area contributed by atoms with Gasteiger partial charge in [0.25, 0.3) is 0 Å². The number of aromatic nitrogens is 4. The van der Waals surface area contributed by atoms with Gasteiger partial charge in [-0.05, 0) is 18.6 Å². The largest absolute Gasteiger partial charge is 0.352 e. The molecule has 7 heteroatoms. The quantitative estimate of drug-likeness (QED) is 0.683. The van der Waals surface area contributed by atoms with Crippen LogP contribution < -0.4 is 4.90 Å². The smallest absolute Gasteiger partial charge is 0.222 e. The number of amides is 1. The van der Waals surface area contributed by atoms with Crippen molar-refractivity contribution in [2.75, 3.05) is 31.1 Å². The Morgan fingerprint density at radius 2 is 1.79 bits per heavy atom. The molecule has 1 fully saturated rings. The van der Waals surface area contributed by atoms with Crippen LogP contribution in [0.1, 0.15) is 32.5 Å². The van der Waals surface area contributed by atoms with E-state index in [0.29, 0.717) is 6.42 Å². The Labute approximate surface area is 165 Å². The number of nitrogens with zero attached hydrogens (tertiary/aromatic N) is 6. The molecule has 7 nitrogen and oxygen atoms in total. The Balaban J connectivity index is 1.72. The van der Waals surface area contributed by atoms with Crippen LogP contribution in [0, 0.1) is 0 Å². The zero-order valence-electron chi connectivity index (χ0n) is 16.5. The van der Waals surface area contributed by atoms with Crippen LogP contribution in [0.3, 0.4) is 0 Å². The molecule has 0 spiro atoms. The zero-order valence-corrected chi connectivity index (χ0v) is 16.5. The van der Waals surface area contributed by atoms with E-state index in [1.54, 1.807) is 0 Å². The lowest BCUT2D eigenvalue weighted by molar-refractivity contribution is -0.131. The second-order valence-corrected chi connectivity index (χ2v) is 7.06. The number of hydrogen-bond acceptors (Lipinski definition) is 5. The minimum atomic E-state index is 0.219. The van der Waals surface area contributed by atoms with Gasteiger partial charge in [0.1, 0.15) is 11.6 Å². The van der Waals surface area contributed by atoms with Gasteiger partial charge in [-0.2, -0.15) is 5.10 Å². The molecule has 3 aromatic rings. The Hall–Kier alpha value is -2.96. The van der Waals surface area contributed by atoms with E-state index in [9.17, 15) is 4.79 Å². The van der Waals surface area contributed by atoms with Crippen LogP contribution in [0.25, 0.3) is 16.7 Å². The van der Waals surface area contributed by atoms with Gasteiger partial charge in [-0.15, -0.1) is 0 Å². The second kappa shape index (κ2) is 7.96. The number of anilines is 1. The van der Waals surface area contributed by atoms with Gasteiger partial charge in [0.05, 0.1) is 17.3 Å². The van der Waals surface area contributed by atoms with Crippen LogP contribution in [0.4, 0.5) is 5.82 Å². The minimum absolute atomic E-state index is 0.219. The van der Waals surface area contributed by atoms with Crippen LogP contribution in [0.15, 0.2) is 36.5 Å². The summed E-state index contributed by atoms with van der Waals surface area (Å²) in [6.45, 7) is 7.07. The van der Waals surface area contributed by atoms with E-state index in [0.717, 1.165) is 67.4 Å². The van der Waals surface area contributed by atoms with E-state index in [1.165, 1.54) is 0 Å². The summed E-state index contributed by atoms with van der Waals surface area (Å²) in [7, 11) is 0. The average molecular weight is 378 g/mol.